The monoisotopic (exact) mass is 248 g/mol. The van der Waals surface area contributed by atoms with Crippen molar-refractivity contribution in [2.24, 2.45) is 0 Å². The van der Waals surface area contributed by atoms with Gasteiger partial charge in [-0.05, 0) is 58.4 Å². The Bertz CT molecular complexity index is 373. The number of hydrogen-bond acceptors (Lipinski definition) is 3. The molecule has 1 aromatic rings. The van der Waals surface area contributed by atoms with Crippen LogP contribution in [-0.4, -0.2) is 36.2 Å². The zero-order valence-corrected chi connectivity index (χ0v) is 11.3. The Morgan fingerprint density at radius 2 is 2.06 bits per heavy atom. The van der Waals surface area contributed by atoms with Crippen molar-refractivity contribution in [3.05, 3.63) is 29.3 Å². The van der Waals surface area contributed by atoms with Gasteiger partial charge in [-0.1, -0.05) is 17.7 Å². The first-order valence-electron chi connectivity index (χ1n) is 6.97. The number of phenolic OH excluding ortho intramolecular Hbond substituents is 1. The lowest BCUT2D eigenvalue weighted by Gasteiger charge is -2.14. The topological polar surface area (TPSA) is 35.5 Å². The van der Waals surface area contributed by atoms with Crippen LogP contribution in [0.2, 0.25) is 0 Å². The van der Waals surface area contributed by atoms with Gasteiger partial charge in [-0.3, -0.25) is 0 Å². The largest absolute Gasteiger partial charge is 0.508 e. The van der Waals surface area contributed by atoms with Crippen LogP contribution >= 0.6 is 0 Å². The maximum atomic E-state index is 9.72. The first-order valence-corrected chi connectivity index (χ1v) is 6.97. The molecule has 1 aliphatic rings. The second kappa shape index (κ2) is 6.76. The molecular formula is C15H24N2O. The Morgan fingerprint density at radius 3 is 2.83 bits per heavy atom. The van der Waals surface area contributed by atoms with Crippen LogP contribution in [0.25, 0.3) is 0 Å². The highest BCUT2D eigenvalue weighted by Gasteiger charge is 2.10. The number of aryl methyl sites for hydroxylation is 1. The predicted octanol–water partition coefficient (Wildman–Crippen LogP) is 2.28. The maximum Gasteiger partial charge on any atom is 0.120 e. The lowest BCUT2D eigenvalue weighted by Crippen LogP contribution is -2.24. The quantitative estimate of drug-likeness (QED) is 0.758. The van der Waals surface area contributed by atoms with E-state index >= 15 is 0 Å². The molecule has 2 rings (SSSR count). The Labute approximate surface area is 110 Å². The molecule has 3 heteroatoms. The Morgan fingerprint density at radius 1 is 1.28 bits per heavy atom. The molecule has 1 saturated heterocycles. The van der Waals surface area contributed by atoms with Gasteiger partial charge in [0.2, 0.25) is 0 Å². The van der Waals surface area contributed by atoms with Crippen LogP contribution in [0, 0.1) is 6.92 Å². The lowest BCUT2D eigenvalue weighted by molar-refractivity contribution is 0.331. The fourth-order valence-electron chi connectivity index (χ4n) is 2.51. The van der Waals surface area contributed by atoms with Crippen LogP contribution in [0.3, 0.4) is 0 Å². The van der Waals surface area contributed by atoms with Crippen molar-refractivity contribution in [2.45, 2.75) is 32.7 Å². The molecule has 0 aliphatic carbocycles. The molecular weight excluding hydrogens is 224 g/mol. The van der Waals surface area contributed by atoms with Gasteiger partial charge < -0.3 is 15.3 Å². The van der Waals surface area contributed by atoms with Crippen LogP contribution in [0.4, 0.5) is 0 Å². The van der Waals surface area contributed by atoms with E-state index in [9.17, 15) is 5.11 Å². The molecule has 1 aromatic carbocycles. The summed E-state index contributed by atoms with van der Waals surface area (Å²) >= 11 is 0. The van der Waals surface area contributed by atoms with E-state index in [0.717, 1.165) is 18.7 Å². The summed E-state index contributed by atoms with van der Waals surface area (Å²) in [6, 6.07) is 5.76. The zero-order valence-electron chi connectivity index (χ0n) is 11.3. The molecule has 0 aromatic heterocycles. The van der Waals surface area contributed by atoms with Crippen molar-refractivity contribution in [1.29, 1.82) is 0 Å². The minimum absolute atomic E-state index is 0.396. The molecule has 3 nitrogen and oxygen atoms in total. The molecule has 0 atom stereocenters. The van der Waals surface area contributed by atoms with E-state index in [1.165, 1.54) is 44.5 Å². The van der Waals surface area contributed by atoms with Crippen LogP contribution in [0.15, 0.2) is 18.2 Å². The predicted molar refractivity (Wildman–Crippen MR) is 74.8 cm³/mol. The third-order valence-electron chi connectivity index (χ3n) is 3.58. The van der Waals surface area contributed by atoms with Gasteiger partial charge in [-0.15, -0.1) is 0 Å². The van der Waals surface area contributed by atoms with Crippen molar-refractivity contribution in [3.63, 3.8) is 0 Å². The normalized spacial score (nSPS) is 16.3. The summed E-state index contributed by atoms with van der Waals surface area (Å²) in [6.07, 6.45) is 3.92. The second-order valence-electron chi connectivity index (χ2n) is 5.21. The molecule has 0 radical (unpaired) electrons. The van der Waals surface area contributed by atoms with Gasteiger partial charge in [0.05, 0.1) is 0 Å². The Balaban J connectivity index is 1.64. The number of nitrogens with zero attached hydrogens (tertiary/aromatic N) is 1. The number of likely N-dealkylation sites (tertiary alicyclic amines) is 1. The van der Waals surface area contributed by atoms with Crippen LogP contribution in [0.1, 0.15) is 30.4 Å². The molecule has 0 amide bonds. The summed E-state index contributed by atoms with van der Waals surface area (Å²) < 4.78 is 0. The second-order valence-corrected chi connectivity index (χ2v) is 5.21. The van der Waals surface area contributed by atoms with Crippen molar-refractivity contribution in [3.8, 4) is 5.75 Å². The molecule has 100 valence electrons. The highest BCUT2D eigenvalue weighted by atomic mass is 16.3. The third-order valence-corrected chi connectivity index (χ3v) is 3.58. The average molecular weight is 248 g/mol. The summed E-state index contributed by atoms with van der Waals surface area (Å²) in [5, 5.41) is 13.1. The van der Waals surface area contributed by atoms with Gasteiger partial charge in [-0.25, -0.2) is 0 Å². The number of aromatic hydroxyl groups is 1. The lowest BCUT2D eigenvalue weighted by atomic mass is 10.1. The zero-order chi connectivity index (χ0) is 12.8. The molecule has 0 saturated carbocycles. The summed E-state index contributed by atoms with van der Waals surface area (Å²) in [7, 11) is 0. The third kappa shape index (κ3) is 4.00. The molecule has 1 fully saturated rings. The van der Waals surface area contributed by atoms with Gasteiger partial charge >= 0.3 is 0 Å². The maximum absolute atomic E-state index is 9.72. The number of hydrogen-bond donors (Lipinski definition) is 2. The Kier molecular flexibility index (Phi) is 5.02. The summed E-state index contributed by atoms with van der Waals surface area (Å²) in [5.41, 5.74) is 2.19. The van der Waals surface area contributed by atoms with Crippen molar-refractivity contribution in [2.75, 3.05) is 26.2 Å². The molecule has 0 spiro atoms. The van der Waals surface area contributed by atoms with Gasteiger partial charge in [0, 0.05) is 12.1 Å². The number of nitrogens with one attached hydrogen (secondary N) is 1. The minimum atomic E-state index is 0.396. The van der Waals surface area contributed by atoms with Gasteiger partial charge in [0.15, 0.2) is 0 Å². The molecule has 0 unspecified atom stereocenters. The highest BCUT2D eigenvalue weighted by Crippen LogP contribution is 2.17. The SMILES string of the molecule is Cc1ccc(O)c(CNCCCN2CCCC2)c1. The first-order chi connectivity index (χ1) is 8.75. The van der Waals surface area contributed by atoms with E-state index in [1.807, 2.05) is 12.1 Å². The van der Waals surface area contributed by atoms with Crippen LogP contribution < -0.4 is 5.32 Å². The van der Waals surface area contributed by atoms with Crippen molar-refractivity contribution < 1.29 is 5.11 Å². The van der Waals surface area contributed by atoms with Crippen molar-refractivity contribution >= 4 is 0 Å². The smallest absolute Gasteiger partial charge is 0.120 e. The van der Waals surface area contributed by atoms with E-state index < -0.39 is 0 Å². The highest BCUT2D eigenvalue weighted by molar-refractivity contribution is 5.35. The van der Waals surface area contributed by atoms with Crippen molar-refractivity contribution in [1.82, 2.24) is 10.2 Å². The standard InChI is InChI=1S/C15H24N2O/c1-13-5-6-15(18)14(11-13)12-16-7-4-10-17-8-2-3-9-17/h5-6,11,16,18H,2-4,7-10,12H2,1H3. The van der Waals surface area contributed by atoms with Crippen LogP contribution in [0.5, 0.6) is 5.75 Å². The summed E-state index contributed by atoms with van der Waals surface area (Å²) in [6.45, 7) is 7.58. The molecule has 2 N–H and O–H groups in total. The van der Waals surface area contributed by atoms with Gasteiger partial charge in [0.1, 0.15) is 5.75 Å². The number of phenols is 1. The van der Waals surface area contributed by atoms with E-state index in [-0.39, 0.29) is 0 Å². The van der Waals surface area contributed by atoms with Crippen LogP contribution in [-0.2, 0) is 6.54 Å². The molecule has 18 heavy (non-hydrogen) atoms. The first kappa shape index (κ1) is 13.4. The average Bonchev–Trinajstić information content (AvgIpc) is 2.86. The summed E-state index contributed by atoms with van der Waals surface area (Å²) in [5.74, 6) is 0.396. The van der Waals surface area contributed by atoms with Gasteiger partial charge in [-0.2, -0.15) is 0 Å². The fraction of sp³-hybridized carbons (Fsp3) is 0.600. The number of benzene rings is 1. The Hall–Kier alpha value is -1.06. The fourth-order valence-corrected chi connectivity index (χ4v) is 2.51. The van der Waals surface area contributed by atoms with E-state index in [2.05, 4.69) is 17.1 Å². The molecule has 1 heterocycles. The number of rotatable bonds is 6. The van der Waals surface area contributed by atoms with Gasteiger partial charge in [0.25, 0.3) is 0 Å². The minimum Gasteiger partial charge on any atom is -0.508 e. The van der Waals surface area contributed by atoms with E-state index in [1.54, 1.807) is 6.07 Å². The van der Waals surface area contributed by atoms with E-state index in [4.69, 9.17) is 0 Å². The van der Waals surface area contributed by atoms with E-state index in [0.29, 0.717) is 5.75 Å². The molecule has 1 aliphatic heterocycles. The summed E-state index contributed by atoms with van der Waals surface area (Å²) in [4.78, 5) is 2.53. The molecule has 0 bridgehead atoms.